The third-order valence-electron chi connectivity index (χ3n) is 3.56. The molecule has 2 rings (SSSR count). The fourth-order valence-electron chi connectivity index (χ4n) is 2.33. The summed E-state index contributed by atoms with van der Waals surface area (Å²) in [6.45, 7) is 9.78. The molecule has 0 bridgehead atoms. The quantitative estimate of drug-likeness (QED) is 0.598. The van der Waals surface area contributed by atoms with Gasteiger partial charge in [0.15, 0.2) is 5.96 Å². The van der Waals surface area contributed by atoms with Crippen LogP contribution < -0.4 is 10.6 Å². The number of aliphatic imine (C=N–C) groups is 1. The van der Waals surface area contributed by atoms with E-state index >= 15 is 0 Å². The van der Waals surface area contributed by atoms with Crippen molar-refractivity contribution in [1.29, 1.82) is 0 Å². The minimum absolute atomic E-state index is 0.294. The van der Waals surface area contributed by atoms with E-state index in [-0.39, 0.29) is 0 Å². The predicted octanol–water partition coefficient (Wildman–Crippen LogP) is 2.54. The average Bonchev–Trinajstić information content (AvgIpc) is 3.16. The molecule has 1 aromatic rings. The maximum Gasteiger partial charge on any atom is 0.191 e. The lowest BCUT2D eigenvalue weighted by molar-refractivity contribution is 0.117. The molecule has 1 aliphatic heterocycles. The molecule has 6 heteroatoms. The summed E-state index contributed by atoms with van der Waals surface area (Å²) in [5, 5.41) is 10.0. The van der Waals surface area contributed by atoms with Crippen LogP contribution in [0.4, 0.5) is 0 Å². The number of thiazole rings is 1. The molecule has 1 aliphatic rings. The highest BCUT2D eigenvalue weighted by molar-refractivity contribution is 7.09. The molecule has 2 heterocycles. The van der Waals surface area contributed by atoms with Crippen molar-refractivity contribution in [1.82, 2.24) is 15.6 Å². The number of ether oxygens (including phenoxy) is 1. The molecule has 1 fully saturated rings. The van der Waals surface area contributed by atoms with Gasteiger partial charge >= 0.3 is 0 Å². The number of rotatable bonds is 7. The largest absolute Gasteiger partial charge is 0.376 e. The molecule has 1 unspecified atom stereocenters. The Kier molecular flexibility index (Phi) is 7.12. The summed E-state index contributed by atoms with van der Waals surface area (Å²) in [6, 6.07) is 0. The SMILES string of the molecule is CCNC(=NCC1CCCO1)NCCc1csc(C(C)C)n1. The topological polar surface area (TPSA) is 58.5 Å². The zero-order chi connectivity index (χ0) is 15.8. The van der Waals surface area contributed by atoms with E-state index in [0.29, 0.717) is 12.0 Å². The second kappa shape index (κ2) is 9.10. The van der Waals surface area contributed by atoms with Crippen LogP contribution in [-0.2, 0) is 11.2 Å². The molecule has 124 valence electrons. The molecule has 1 atom stereocenters. The summed E-state index contributed by atoms with van der Waals surface area (Å²) in [5.74, 6) is 1.38. The Bertz CT molecular complexity index is 466. The third-order valence-corrected chi connectivity index (χ3v) is 4.75. The van der Waals surface area contributed by atoms with E-state index in [1.165, 1.54) is 5.01 Å². The molecule has 0 aliphatic carbocycles. The monoisotopic (exact) mass is 324 g/mol. The van der Waals surface area contributed by atoms with Crippen molar-refractivity contribution < 1.29 is 4.74 Å². The molecule has 0 aromatic carbocycles. The van der Waals surface area contributed by atoms with Crippen molar-refractivity contribution in [2.24, 2.45) is 4.99 Å². The van der Waals surface area contributed by atoms with Crippen molar-refractivity contribution in [2.75, 3.05) is 26.2 Å². The Morgan fingerprint density at radius 1 is 1.50 bits per heavy atom. The first-order valence-corrected chi connectivity index (χ1v) is 9.15. The number of nitrogens with zero attached hydrogens (tertiary/aromatic N) is 2. The lowest BCUT2D eigenvalue weighted by Gasteiger charge is -2.12. The van der Waals surface area contributed by atoms with Crippen molar-refractivity contribution in [3.8, 4) is 0 Å². The third kappa shape index (κ3) is 5.57. The van der Waals surface area contributed by atoms with Gasteiger partial charge in [-0.25, -0.2) is 4.98 Å². The van der Waals surface area contributed by atoms with Gasteiger partial charge < -0.3 is 15.4 Å². The number of guanidine groups is 1. The van der Waals surface area contributed by atoms with Crippen LogP contribution in [0.1, 0.15) is 50.2 Å². The lowest BCUT2D eigenvalue weighted by Crippen LogP contribution is -2.39. The Morgan fingerprint density at radius 2 is 2.36 bits per heavy atom. The van der Waals surface area contributed by atoms with Crippen LogP contribution in [-0.4, -0.2) is 43.3 Å². The van der Waals surface area contributed by atoms with Crippen LogP contribution in [0, 0.1) is 0 Å². The van der Waals surface area contributed by atoms with E-state index in [9.17, 15) is 0 Å². The van der Waals surface area contributed by atoms with Gasteiger partial charge in [-0.15, -0.1) is 11.3 Å². The van der Waals surface area contributed by atoms with Gasteiger partial charge in [0.2, 0.25) is 0 Å². The van der Waals surface area contributed by atoms with Crippen molar-refractivity contribution in [3.63, 3.8) is 0 Å². The molecular weight excluding hydrogens is 296 g/mol. The van der Waals surface area contributed by atoms with E-state index in [4.69, 9.17) is 4.74 Å². The van der Waals surface area contributed by atoms with Gasteiger partial charge in [-0.1, -0.05) is 13.8 Å². The number of hydrogen-bond acceptors (Lipinski definition) is 4. The van der Waals surface area contributed by atoms with Gasteiger partial charge in [-0.2, -0.15) is 0 Å². The fourth-order valence-corrected chi connectivity index (χ4v) is 3.20. The summed E-state index contributed by atoms with van der Waals surface area (Å²) in [6.07, 6.45) is 3.50. The first-order chi connectivity index (χ1) is 10.7. The molecule has 0 amide bonds. The highest BCUT2D eigenvalue weighted by Gasteiger charge is 2.14. The van der Waals surface area contributed by atoms with Gasteiger partial charge in [-0.05, 0) is 19.8 Å². The summed E-state index contributed by atoms with van der Waals surface area (Å²) in [4.78, 5) is 9.27. The van der Waals surface area contributed by atoms with Gasteiger partial charge in [-0.3, -0.25) is 4.99 Å². The molecule has 5 nitrogen and oxygen atoms in total. The fraction of sp³-hybridized carbons (Fsp3) is 0.750. The minimum atomic E-state index is 0.294. The number of hydrogen-bond donors (Lipinski definition) is 2. The van der Waals surface area contributed by atoms with E-state index in [1.807, 2.05) is 0 Å². The molecular formula is C16H28N4OS. The molecule has 1 saturated heterocycles. The minimum Gasteiger partial charge on any atom is -0.376 e. The predicted molar refractivity (Wildman–Crippen MR) is 92.9 cm³/mol. The summed E-state index contributed by atoms with van der Waals surface area (Å²) in [5.41, 5.74) is 1.16. The van der Waals surface area contributed by atoms with Gasteiger partial charge in [0, 0.05) is 37.4 Å². The molecule has 2 N–H and O–H groups in total. The summed E-state index contributed by atoms with van der Waals surface area (Å²) in [7, 11) is 0. The van der Waals surface area contributed by atoms with Crippen molar-refractivity contribution >= 4 is 17.3 Å². The van der Waals surface area contributed by atoms with E-state index in [0.717, 1.165) is 57.2 Å². The maximum atomic E-state index is 5.61. The van der Waals surface area contributed by atoms with Crippen molar-refractivity contribution in [3.05, 3.63) is 16.1 Å². The number of aromatic nitrogens is 1. The number of nitrogens with one attached hydrogen (secondary N) is 2. The highest BCUT2D eigenvalue weighted by atomic mass is 32.1. The Balaban J connectivity index is 1.76. The second-order valence-corrected chi connectivity index (χ2v) is 6.75. The van der Waals surface area contributed by atoms with Crippen LogP contribution in [0.3, 0.4) is 0 Å². The van der Waals surface area contributed by atoms with Crippen LogP contribution >= 0.6 is 11.3 Å². The van der Waals surface area contributed by atoms with Crippen LogP contribution in [0.25, 0.3) is 0 Å². The van der Waals surface area contributed by atoms with Gasteiger partial charge in [0.05, 0.1) is 23.4 Å². The van der Waals surface area contributed by atoms with Crippen LogP contribution in [0.15, 0.2) is 10.4 Å². The first kappa shape index (κ1) is 17.2. The zero-order valence-corrected chi connectivity index (χ0v) is 14.7. The van der Waals surface area contributed by atoms with Crippen molar-refractivity contribution in [2.45, 2.75) is 52.1 Å². The highest BCUT2D eigenvalue weighted by Crippen LogP contribution is 2.19. The first-order valence-electron chi connectivity index (χ1n) is 8.27. The molecule has 1 aromatic heterocycles. The summed E-state index contributed by atoms with van der Waals surface area (Å²) < 4.78 is 5.61. The maximum absolute atomic E-state index is 5.61. The van der Waals surface area contributed by atoms with Gasteiger partial charge in [0.1, 0.15) is 0 Å². The normalized spacial score (nSPS) is 18.9. The second-order valence-electron chi connectivity index (χ2n) is 5.86. The zero-order valence-electron chi connectivity index (χ0n) is 13.9. The average molecular weight is 324 g/mol. The Labute approximate surface area is 137 Å². The molecule has 22 heavy (non-hydrogen) atoms. The lowest BCUT2D eigenvalue weighted by atomic mass is 10.2. The Hall–Kier alpha value is -1.14. The van der Waals surface area contributed by atoms with Gasteiger partial charge in [0.25, 0.3) is 0 Å². The van der Waals surface area contributed by atoms with E-state index < -0.39 is 0 Å². The molecule has 0 spiro atoms. The Morgan fingerprint density at radius 3 is 3.00 bits per heavy atom. The molecule has 0 saturated carbocycles. The van der Waals surface area contributed by atoms with E-state index in [1.54, 1.807) is 11.3 Å². The standard InChI is InChI=1S/C16H28N4OS/c1-4-17-16(19-10-14-6-5-9-21-14)18-8-7-13-11-22-15(20-13)12(2)3/h11-12,14H,4-10H2,1-3H3,(H2,17,18,19). The van der Waals surface area contributed by atoms with E-state index in [2.05, 4.69) is 46.8 Å². The molecule has 0 radical (unpaired) electrons. The van der Waals surface area contributed by atoms with Crippen LogP contribution in [0.5, 0.6) is 0 Å². The summed E-state index contributed by atoms with van der Waals surface area (Å²) >= 11 is 1.75. The van der Waals surface area contributed by atoms with Crippen LogP contribution in [0.2, 0.25) is 0 Å². The smallest absolute Gasteiger partial charge is 0.191 e.